The summed E-state index contributed by atoms with van der Waals surface area (Å²) in [6.07, 6.45) is 2.21. The van der Waals surface area contributed by atoms with Crippen LogP contribution in [0.2, 0.25) is 0 Å². The Balaban J connectivity index is 1.97. The van der Waals surface area contributed by atoms with E-state index in [-0.39, 0.29) is 12.4 Å². The molecule has 2 rings (SSSR count). The molecule has 1 aromatic rings. The first kappa shape index (κ1) is 15.3. The Morgan fingerprint density at radius 1 is 1.25 bits per heavy atom. The van der Waals surface area contributed by atoms with Crippen molar-refractivity contribution in [3.63, 3.8) is 0 Å². The molecule has 1 atom stereocenters. The number of aliphatic hydroxyl groups is 1. The predicted molar refractivity (Wildman–Crippen MR) is 76.9 cm³/mol. The van der Waals surface area contributed by atoms with Crippen molar-refractivity contribution in [1.82, 2.24) is 0 Å². The fourth-order valence-electron chi connectivity index (χ4n) is 2.52. The van der Waals surface area contributed by atoms with Crippen molar-refractivity contribution >= 4 is 0 Å². The third kappa shape index (κ3) is 3.95. The zero-order chi connectivity index (χ0) is 14.4. The van der Waals surface area contributed by atoms with Crippen molar-refractivity contribution in [2.45, 2.75) is 45.5 Å². The van der Waals surface area contributed by atoms with Gasteiger partial charge in [0.25, 0.3) is 0 Å². The largest absolute Gasteiger partial charge is 0.488 e. The molecule has 1 aliphatic carbocycles. The number of rotatable bonds is 7. The molecule has 1 unspecified atom stereocenters. The zero-order valence-corrected chi connectivity index (χ0v) is 12.3. The molecule has 0 aliphatic heterocycles. The van der Waals surface area contributed by atoms with E-state index in [1.807, 2.05) is 32.0 Å². The maximum atomic E-state index is 10.0. The molecule has 4 nitrogen and oxygen atoms in total. The molecular formula is C16H24O4. The van der Waals surface area contributed by atoms with Gasteiger partial charge in [-0.2, -0.15) is 0 Å². The highest BCUT2D eigenvalue weighted by atomic mass is 16.7. The molecule has 112 valence electrons. The number of aryl methyl sites for hydroxylation is 1. The van der Waals surface area contributed by atoms with Crippen LogP contribution in [0.1, 0.15) is 43.9 Å². The summed E-state index contributed by atoms with van der Waals surface area (Å²) in [5, 5.41) is 10.0. The van der Waals surface area contributed by atoms with Crippen molar-refractivity contribution in [3.8, 4) is 5.75 Å². The van der Waals surface area contributed by atoms with Crippen molar-refractivity contribution in [3.05, 3.63) is 29.3 Å². The summed E-state index contributed by atoms with van der Waals surface area (Å²) in [6, 6.07) is 5.93. The van der Waals surface area contributed by atoms with Gasteiger partial charge in [0.05, 0.1) is 6.10 Å². The van der Waals surface area contributed by atoms with Crippen LogP contribution in [0, 0.1) is 0 Å². The molecule has 0 saturated heterocycles. The fourth-order valence-corrected chi connectivity index (χ4v) is 2.52. The number of benzene rings is 1. The van der Waals surface area contributed by atoms with E-state index in [4.69, 9.17) is 14.2 Å². The minimum atomic E-state index is -0.364. The minimum absolute atomic E-state index is 0.342. The van der Waals surface area contributed by atoms with E-state index in [0.717, 1.165) is 30.6 Å². The summed E-state index contributed by atoms with van der Waals surface area (Å²) in [4.78, 5) is 0. The number of aliphatic hydroxyl groups excluding tert-OH is 1. The molecular weight excluding hydrogens is 256 g/mol. The lowest BCUT2D eigenvalue weighted by Gasteiger charge is -2.23. The maximum Gasteiger partial charge on any atom is 0.191 e. The van der Waals surface area contributed by atoms with Crippen molar-refractivity contribution < 1.29 is 19.3 Å². The third-order valence-electron chi connectivity index (χ3n) is 3.49. The molecule has 0 radical (unpaired) electrons. The monoisotopic (exact) mass is 280 g/mol. The van der Waals surface area contributed by atoms with Crippen LogP contribution in [0.4, 0.5) is 0 Å². The number of hydrogen-bond acceptors (Lipinski definition) is 4. The highest BCUT2D eigenvalue weighted by Gasteiger charge is 2.18. The standard InChI is InChI=1S/C16H24O4/c1-3-18-16(19-4-2)11-20-13-9-8-12-6-5-7-15(17)14(12)10-13/h8-10,15-17H,3-7,11H2,1-2H3. The third-order valence-corrected chi connectivity index (χ3v) is 3.49. The topological polar surface area (TPSA) is 47.9 Å². The maximum absolute atomic E-state index is 10.0. The van der Waals surface area contributed by atoms with Gasteiger partial charge in [-0.25, -0.2) is 0 Å². The zero-order valence-electron chi connectivity index (χ0n) is 12.3. The van der Waals surface area contributed by atoms with Gasteiger partial charge >= 0.3 is 0 Å². The minimum Gasteiger partial charge on any atom is -0.488 e. The molecule has 0 fully saturated rings. The van der Waals surface area contributed by atoms with Crippen LogP contribution in [0.5, 0.6) is 5.75 Å². The lowest BCUT2D eigenvalue weighted by atomic mass is 9.89. The van der Waals surface area contributed by atoms with Crippen LogP contribution >= 0.6 is 0 Å². The number of fused-ring (bicyclic) bond motifs is 1. The van der Waals surface area contributed by atoms with E-state index in [0.29, 0.717) is 19.8 Å². The van der Waals surface area contributed by atoms with Crippen molar-refractivity contribution in [2.75, 3.05) is 19.8 Å². The molecule has 4 heteroatoms. The van der Waals surface area contributed by atoms with Gasteiger partial charge in [0, 0.05) is 13.2 Å². The Labute approximate surface area is 120 Å². The Morgan fingerprint density at radius 2 is 2.00 bits per heavy atom. The Hall–Kier alpha value is -1.10. The first-order valence-corrected chi connectivity index (χ1v) is 7.41. The molecule has 0 heterocycles. The highest BCUT2D eigenvalue weighted by molar-refractivity contribution is 5.38. The second-order valence-corrected chi connectivity index (χ2v) is 4.92. The highest BCUT2D eigenvalue weighted by Crippen LogP contribution is 2.32. The Kier molecular flexibility index (Phi) is 5.83. The summed E-state index contributed by atoms with van der Waals surface area (Å²) >= 11 is 0. The van der Waals surface area contributed by atoms with Crippen LogP contribution in [-0.4, -0.2) is 31.2 Å². The van der Waals surface area contributed by atoms with Gasteiger partial charge < -0.3 is 19.3 Å². The lowest BCUT2D eigenvalue weighted by Crippen LogP contribution is -2.25. The quantitative estimate of drug-likeness (QED) is 0.780. The summed E-state index contributed by atoms with van der Waals surface area (Å²) in [5.74, 6) is 0.758. The average molecular weight is 280 g/mol. The van der Waals surface area contributed by atoms with E-state index in [9.17, 15) is 5.11 Å². The second-order valence-electron chi connectivity index (χ2n) is 4.92. The molecule has 1 aliphatic rings. The SMILES string of the molecule is CCOC(COc1ccc2c(c1)C(O)CCC2)OCC. The molecule has 1 aromatic carbocycles. The van der Waals surface area contributed by atoms with Gasteiger partial charge in [-0.05, 0) is 56.4 Å². The molecule has 20 heavy (non-hydrogen) atoms. The summed E-state index contributed by atoms with van der Waals surface area (Å²) in [6.45, 7) is 5.41. The van der Waals surface area contributed by atoms with Crippen LogP contribution in [0.15, 0.2) is 18.2 Å². The molecule has 0 saturated carbocycles. The molecule has 1 N–H and O–H groups in total. The van der Waals surface area contributed by atoms with E-state index >= 15 is 0 Å². The van der Waals surface area contributed by atoms with Crippen LogP contribution in [-0.2, 0) is 15.9 Å². The second kappa shape index (κ2) is 7.62. The summed E-state index contributed by atoms with van der Waals surface area (Å²) in [5.41, 5.74) is 2.22. The fraction of sp³-hybridized carbons (Fsp3) is 0.625. The van der Waals surface area contributed by atoms with Crippen LogP contribution in [0.3, 0.4) is 0 Å². The van der Waals surface area contributed by atoms with E-state index < -0.39 is 0 Å². The van der Waals surface area contributed by atoms with Gasteiger partial charge in [-0.3, -0.25) is 0 Å². The van der Waals surface area contributed by atoms with Crippen molar-refractivity contribution in [2.24, 2.45) is 0 Å². The average Bonchev–Trinajstić information content (AvgIpc) is 2.46. The van der Waals surface area contributed by atoms with E-state index in [2.05, 4.69) is 0 Å². The van der Waals surface area contributed by atoms with Gasteiger partial charge in [0.1, 0.15) is 12.4 Å². The van der Waals surface area contributed by atoms with Gasteiger partial charge in [-0.15, -0.1) is 0 Å². The first-order chi connectivity index (χ1) is 9.74. The molecule has 0 aromatic heterocycles. The normalized spacial score (nSPS) is 18.1. The van der Waals surface area contributed by atoms with E-state index in [1.54, 1.807) is 0 Å². The molecule has 0 amide bonds. The van der Waals surface area contributed by atoms with Crippen LogP contribution < -0.4 is 4.74 Å². The van der Waals surface area contributed by atoms with Gasteiger partial charge in [0.2, 0.25) is 0 Å². The van der Waals surface area contributed by atoms with Gasteiger partial charge in [0.15, 0.2) is 6.29 Å². The first-order valence-electron chi connectivity index (χ1n) is 7.41. The lowest BCUT2D eigenvalue weighted by molar-refractivity contribution is -0.152. The molecule has 0 spiro atoms. The smallest absolute Gasteiger partial charge is 0.191 e. The van der Waals surface area contributed by atoms with E-state index in [1.165, 1.54) is 5.56 Å². The summed E-state index contributed by atoms with van der Waals surface area (Å²) in [7, 11) is 0. The predicted octanol–water partition coefficient (Wildman–Crippen LogP) is 2.83. The van der Waals surface area contributed by atoms with Crippen LogP contribution in [0.25, 0.3) is 0 Å². The molecule has 0 bridgehead atoms. The summed E-state index contributed by atoms with van der Waals surface area (Å²) < 4.78 is 16.6. The number of hydrogen-bond donors (Lipinski definition) is 1. The Bertz CT molecular complexity index is 413. The van der Waals surface area contributed by atoms with Gasteiger partial charge in [-0.1, -0.05) is 6.07 Å². The van der Waals surface area contributed by atoms with Crippen molar-refractivity contribution in [1.29, 1.82) is 0 Å². The Morgan fingerprint density at radius 3 is 2.70 bits per heavy atom. The number of ether oxygens (including phenoxy) is 3.